The van der Waals surface area contributed by atoms with Crippen molar-refractivity contribution in [2.45, 2.75) is 43.7 Å². The number of imide groups is 1. The first kappa shape index (κ1) is 49.0. The lowest BCUT2D eigenvalue weighted by atomic mass is 10.00. The minimum Gasteiger partial charge on any atom is -0.379 e. The normalized spacial score (nSPS) is 19.8. The number of hydrogen-bond donors (Lipinski definition) is 4. The Balaban J connectivity index is 0.576. The van der Waals surface area contributed by atoms with E-state index in [9.17, 15) is 29.1 Å². The van der Waals surface area contributed by atoms with Crippen LogP contribution in [-0.2, 0) is 35.1 Å². The number of aliphatic hydroxyl groups is 1. The number of ether oxygens (including phenoxy) is 3. The number of hydrogen-bond acceptors (Lipinski definition) is 15. The number of nitrogens with zero attached hydrogens (tertiary/aromatic N) is 6. The van der Waals surface area contributed by atoms with Crippen molar-refractivity contribution >= 4 is 57.4 Å². The second kappa shape index (κ2) is 22.5. The van der Waals surface area contributed by atoms with Crippen LogP contribution in [0.25, 0.3) is 11.1 Å². The number of carbonyl (C=O) groups is 5. The van der Waals surface area contributed by atoms with Gasteiger partial charge in [0.2, 0.25) is 11.8 Å². The molecule has 1 aromatic heterocycles. The summed E-state index contributed by atoms with van der Waals surface area (Å²) in [5.74, 6) is -1.82. The summed E-state index contributed by atoms with van der Waals surface area (Å²) in [6.45, 7) is 10.5. The van der Waals surface area contributed by atoms with Gasteiger partial charge in [-0.3, -0.25) is 49.3 Å². The van der Waals surface area contributed by atoms with Crippen LogP contribution in [0.3, 0.4) is 0 Å². The number of piperazine rings is 1. The maximum absolute atomic E-state index is 14.0. The first-order valence-corrected chi connectivity index (χ1v) is 25.5. The molecule has 0 saturated carbocycles. The highest BCUT2D eigenvalue weighted by atomic mass is 32.1. The molecular weight excluding hydrogens is 939 g/mol. The Morgan fingerprint density at radius 2 is 1.49 bits per heavy atom. The fourth-order valence-corrected chi connectivity index (χ4v) is 10.7. The number of rotatable bonds is 21. The molecule has 376 valence electrons. The maximum Gasteiger partial charge on any atom is 0.257 e. The average molecular weight is 998 g/mol. The van der Waals surface area contributed by atoms with Gasteiger partial charge in [0.1, 0.15) is 12.1 Å². The molecule has 5 aromatic rings. The highest BCUT2D eigenvalue weighted by Crippen LogP contribution is 2.40. The van der Waals surface area contributed by atoms with Crippen LogP contribution in [0.4, 0.5) is 16.5 Å². The number of anilines is 3. The number of amides is 5. The molecule has 0 bridgehead atoms. The molecule has 5 aliphatic rings. The van der Waals surface area contributed by atoms with E-state index in [-0.39, 0.29) is 36.6 Å². The smallest absolute Gasteiger partial charge is 0.257 e. The van der Waals surface area contributed by atoms with Crippen LogP contribution in [0.1, 0.15) is 62.5 Å². The maximum atomic E-state index is 14.0. The molecule has 0 spiro atoms. The van der Waals surface area contributed by atoms with Gasteiger partial charge in [-0.25, -0.2) is 4.98 Å². The van der Waals surface area contributed by atoms with E-state index < -0.39 is 30.1 Å². The van der Waals surface area contributed by atoms with Crippen LogP contribution in [0.5, 0.6) is 0 Å². The lowest BCUT2D eigenvalue weighted by Gasteiger charge is -2.40. The molecule has 0 radical (unpaired) electrons. The van der Waals surface area contributed by atoms with Gasteiger partial charge in [0.05, 0.1) is 45.7 Å². The Kier molecular flexibility index (Phi) is 15.3. The van der Waals surface area contributed by atoms with E-state index in [1.54, 1.807) is 28.6 Å². The van der Waals surface area contributed by atoms with Gasteiger partial charge in [0.15, 0.2) is 11.4 Å². The number of piperidine rings is 1. The quantitative estimate of drug-likeness (QED) is 0.0598. The van der Waals surface area contributed by atoms with Gasteiger partial charge in [-0.15, -0.1) is 11.3 Å². The Bertz CT molecular complexity index is 2730. The number of aromatic nitrogens is 1. The highest BCUT2D eigenvalue weighted by molar-refractivity contribution is 7.13. The summed E-state index contributed by atoms with van der Waals surface area (Å²) in [5.41, 5.74) is 6.87. The fourth-order valence-electron chi connectivity index (χ4n) is 10.2. The Labute approximate surface area is 421 Å². The predicted octanol–water partition coefficient (Wildman–Crippen LogP) is 4.37. The van der Waals surface area contributed by atoms with Crippen LogP contribution in [0.15, 0.2) is 103 Å². The molecule has 10 rings (SSSR count). The summed E-state index contributed by atoms with van der Waals surface area (Å²) in [4.78, 5) is 79.0. The minimum absolute atomic E-state index is 0.117. The molecule has 0 aliphatic carbocycles. The van der Waals surface area contributed by atoms with E-state index in [0.717, 1.165) is 80.3 Å². The summed E-state index contributed by atoms with van der Waals surface area (Å²) in [6, 6.07) is 27.6. The fraction of sp³-hybridized carbons (Fsp3) is 0.396. The molecule has 3 fully saturated rings. The molecule has 5 amide bonds. The second-order valence-corrected chi connectivity index (χ2v) is 19.5. The Morgan fingerprint density at radius 3 is 2.19 bits per heavy atom. The first-order valence-electron chi connectivity index (χ1n) is 24.6. The second-order valence-electron chi connectivity index (χ2n) is 18.6. The van der Waals surface area contributed by atoms with E-state index in [4.69, 9.17) is 14.2 Å². The van der Waals surface area contributed by atoms with Crippen LogP contribution in [-0.4, -0.2) is 163 Å². The average Bonchev–Trinajstić information content (AvgIpc) is 4.08. The van der Waals surface area contributed by atoms with Crippen molar-refractivity contribution in [3.05, 3.63) is 130 Å². The van der Waals surface area contributed by atoms with Crippen molar-refractivity contribution < 1.29 is 43.3 Å². The van der Waals surface area contributed by atoms with Gasteiger partial charge in [-0.05, 0) is 59.0 Å². The van der Waals surface area contributed by atoms with Gasteiger partial charge in [0, 0.05) is 105 Å². The van der Waals surface area contributed by atoms with Gasteiger partial charge in [-0.2, -0.15) is 0 Å². The number of thiazole rings is 1. The van der Waals surface area contributed by atoms with Gasteiger partial charge >= 0.3 is 0 Å². The predicted molar refractivity (Wildman–Crippen MR) is 270 cm³/mol. The van der Waals surface area contributed by atoms with Crippen molar-refractivity contribution in [2.24, 2.45) is 0 Å². The Hall–Kier alpha value is -6.58. The first-order chi connectivity index (χ1) is 35.2. The summed E-state index contributed by atoms with van der Waals surface area (Å²) < 4.78 is 17.4. The number of fused-ring (bicyclic) bond motifs is 2. The summed E-state index contributed by atoms with van der Waals surface area (Å²) in [7, 11) is 0. The minimum atomic E-state index is -1.28. The number of benzene rings is 4. The molecule has 3 unspecified atom stereocenters. The van der Waals surface area contributed by atoms with Gasteiger partial charge < -0.3 is 34.4 Å². The van der Waals surface area contributed by atoms with E-state index in [0.29, 0.717) is 73.7 Å². The number of aliphatic hydroxyl groups excluding tert-OH is 1. The van der Waals surface area contributed by atoms with Crippen LogP contribution >= 0.6 is 11.3 Å². The third-order valence-corrected chi connectivity index (χ3v) is 14.7. The van der Waals surface area contributed by atoms with Gasteiger partial charge in [0.25, 0.3) is 17.7 Å². The zero-order valence-electron chi connectivity index (χ0n) is 39.9. The monoisotopic (exact) mass is 997 g/mol. The summed E-state index contributed by atoms with van der Waals surface area (Å²) >= 11 is 1.34. The third kappa shape index (κ3) is 10.9. The molecule has 6 heterocycles. The SMILES string of the molecule is O=C1CCC(N2C(=O)c3cccc(NC4CN(CCOCCOCCOCCN5CCN(c6ccc(-c7ccc8c(c7)C(=O)N(C(C(=O)Nc7nccs7)c7ccccc7)C8)cc6)CC5)C4)c3C2O)C(=O)N1. The van der Waals surface area contributed by atoms with E-state index in [1.165, 1.54) is 16.2 Å². The van der Waals surface area contributed by atoms with E-state index >= 15 is 0 Å². The molecule has 3 saturated heterocycles. The lowest BCUT2D eigenvalue weighted by molar-refractivity contribution is -0.139. The van der Waals surface area contributed by atoms with E-state index in [1.807, 2.05) is 54.6 Å². The van der Waals surface area contributed by atoms with Crippen molar-refractivity contribution in [2.75, 3.05) is 108 Å². The number of likely N-dealkylation sites (tertiary alicyclic amines) is 1. The standard InChI is InChI=1S/C53H59N9O9S/c63-45-16-15-44(48(64)56-45)62-51(67)41-7-4-8-43(46(41)52(62)68)55-39-33-59(34-39)23-25-70-27-29-71-28-26-69-24-22-58-18-20-60(21-19-58)40-13-11-35(12-14-40)37-9-10-38-32-61(50(66)42(38)31-37)47(36-5-2-1-3-6-36)49(65)57-53-54-17-30-72-53/h1-14,17,30-31,39,44,47,52,55,68H,15-16,18-29,32-34H2,(H,54,57,65)(H,56,63,64). The highest BCUT2D eigenvalue weighted by Gasteiger charge is 2.46. The van der Waals surface area contributed by atoms with Crippen LogP contribution in [0.2, 0.25) is 0 Å². The largest absolute Gasteiger partial charge is 0.379 e. The molecule has 4 N–H and O–H groups in total. The van der Waals surface area contributed by atoms with Crippen molar-refractivity contribution in [3.8, 4) is 11.1 Å². The van der Waals surface area contributed by atoms with Gasteiger partial charge in [-0.1, -0.05) is 60.7 Å². The zero-order valence-corrected chi connectivity index (χ0v) is 40.8. The molecular formula is C53H59N9O9S. The van der Waals surface area contributed by atoms with Crippen LogP contribution in [0, 0.1) is 0 Å². The molecule has 72 heavy (non-hydrogen) atoms. The molecule has 3 atom stereocenters. The summed E-state index contributed by atoms with van der Waals surface area (Å²) in [5, 5.41) is 22.1. The van der Waals surface area contributed by atoms with E-state index in [2.05, 4.69) is 59.9 Å². The molecule has 4 aromatic carbocycles. The molecule has 19 heteroatoms. The Morgan fingerprint density at radius 1 is 0.778 bits per heavy atom. The third-order valence-electron chi connectivity index (χ3n) is 14.0. The summed E-state index contributed by atoms with van der Waals surface area (Å²) in [6.07, 6.45) is 0.656. The topological polar surface area (TPSA) is 198 Å². The van der Waals surface area contributed by atoms with Crippen molar-refractivity contribution in [1.29, 1.82) is 0 Å². The van der Waals surface area contributed by atoms with Crippen LogP contribution < -0.4 is 20.9 Å². The zero-order chi connectivity index (χ0) is 49.6. The lowest BCUT2D eigenvalue weighted by Crippen LogP contribution is -2.55. The molecule has 18 nitrogen and oxygen atoms in total. The van der Waals surface area contributed by atoms with Crippen molar-refractivity contribution in [3.63, 3.8) is 0 Å². The number of nitrogens with one attached hydrogen (secondary N) is 3. The number of carbonyl (C=O) groups excluding carboxylic acids is 5. The van der Waals surface area contributed by atoms with Crippen molar-refractivity contribution in [1.82, 2.24) is 29.9 Å². The molecule has 5 aliphatic heterocycles.